The average molecular weight is 922 g/mol. The maximum Gasteiger partial charge on any atom is 0.135 e. The van der Waals surface area contributed by atoms with Crippen molar-refractivity contribution >= 4 is 44.6 Å². The van der Waals surface area contributed by atoms with E-state index in [1.165, 1.54) is 83.5 Å². The Hall–Kier alpha value is -8.72. The van der Waals surface area contributed by atoms with Gasteiger partial charge in [0.15, 0.2) is 0 Å². The van der Waals surface area contributed by atoms with Gasteiger partial charge in [0, 0.05) is 33.1 Å². The highest BCUT2D eigenvalue weighted by molar-refractivity contribution is 6.07. The summed E-state index contributed by atoms with van der Waals surface area (Å²) in [6.07, 6.45) is 6.96. The molecule has 14 rings (SSSR count). The Labute approximate surface area is 421 Å². The fourth-order valence-corrected chi connectivity index (χ4v) is 12.8. The number of rotatable bonds is 7. The van der Waals surface area contributed by atoms with Crippen LogP contribution in [0, 0.1) is 0 Å². The minimum Gasteiger partial charge on any atom is -0.456 e. The molecule has 342 valence electrons. The quantitative estimate of drug-likeness (QED) is 0.158. The van der Waals surface area contributed by atoms with E-state index in [1.54, 1.807) is 0 Å². The van der Waals surface area contributed by atoms with Gasteiger partial charge in [-0.25, -0.2) is 0 Å². The van der Waals surface area contributed by atoms with Gasteiger partial charge < -0.3 is 9.32 Å². The zero-order chi connectivity index (χ0) is 48.0. The van der Waals surface area contributed by atoms with Crippen LogP contribution in [0.3, 0.4) is 0 Å². The molecule has 0 bridgehead atoms. The molecule has 72 heavy (non-hydrogen) atoms. The standard InChI is InChI=1S/C70H51NO/c1-69(2)61-30-14-16-32-63(61)70(64-33-17-15-31-62(64)69)60-29-13-10-26-55(60)56-42-38-48(44-65(56)70)46-36-39-49(40-37-46)71(50-41-43-68-59(45-50)58-28-12-19-35-67(58)72-68)66-34-18-11-27-57(66)54-25-9-8-24-53(54)52-23-7-6-22-51(52)47-20-4-3-5-21-47/h3-9,11-25,27-45H,10,26H2,1-2H3. The molecule has 0 saturated carbocycles. The van der Waals surface area contributed by atoms with Crippen LogP contribution in [-0.4, -0.2) is 0 Å². The molecule has 1 aromatic heterocycles. The molecular weight excluding hydrogens is 871 g/mol. The normalized spacial score (nSPS) is 14.8. The molecule has 0 saturated heterocycles. The molecule has 3 aliphatic rings. The van der Waals surface area contributed by atoms with E-state index in [1.807, 2.05) is 6.07 Å². The third-order valence-corrected chi connectivity index (χ3v) is 16.1. The van der Waals surface area contributed by atoms with Crippen LogP contribution in [0.25, 0.3) is 72.0 Å². The molecular formula is C70H51NO. The highest BCUT2D eigenvalue weighted by Crippen LogP contribution is 2.63. The van der Waals surface area contributed by atoms with Gasteiger partial charge >= 0.3 is 0 Å². The van der Waals surface area contributed by atoms with Crippen molar-refractivity contribution in [1.82, 2.24) is 0 Å². The van der Waals surface area contributed by atoms with Gasteiger partial charge in [0.05, 0.1) is 11.1 Å². The number of allylic oxidation sites excluding steroid dienone is 4. The van der Waals surface area contributed by atoms with Gasteiger partial charge in [-0.1, -0.05) is 214 Å². The average Bonchev–Trinajstić information content (AvgIpc) is 3.97. The van der Waals surface area contributed by atoms with Crippen molar-refractivity contribution in [3.63, 3.8) is 0 Å². The fourth-order valence-electron chi connectivity index (χ4n) is 12.8. The first-order valence-electron chi connectivity index (χ1n) is 25.4. The van der Waals surface area contributed by atoms with Crippen molar-refractivity contribution in [1.29, 1.82) is 0 Å². The summed E-state index contributed by atoms with van der Waals surface area (Å²) in [5.41, 5.74) is 25.2. The molecule has 10 aromatic carbocycles. The molecule has 0 unspecified atom stereocenters. The van der Waals surface area contributed by atoms with Crippen molar-refractivity contribution in [2.24, 2.45) is 0 Å². The van der Waals surface area contributed by atoms with E-state index in [2.05, 4.69) is 261 Å². The lowest BCUT2D eigenvalue weighted by Crippen LogP contribution is -2.41. The van der Waals surface area contributed by atoms with Crippen molar-refractivity contribution < 1.29 is 4.42 Å². The van der Waals surface area contributed by atoms with Gasteiger partial charge in [0.1, 0.15) is 11.2 Å². The van der Waals surface area contributed by atoms with E-state index in [-0.39, 0.29) is 5.41 Å². The Morgan fingerprint density at radius 3 is 1.68 bits per heavy atom. The van der Waals surface area contributed by atoms with Gasteiger partial charge in [-0.05, 0) is 145 Å². The summed E-state index contributed by atoms with van der Waals surface area (Å²) in [4.78, 5) is 2.43. The van der Waals surface area contributed by atoms with Crippen molar-refractivity contribution in [2.45, 2.75) is 37.5 Å². The third-order valence-electron chi connectivity index (χ3n) is 16.1. The minimum absolute atomic E-state index is 0.137. The predicted molar refractivity (Wildman–Crippen MR) is 300 cm³/mol. The number of para-hydroxylation sites is 2. The van der Waals surface area contributed by atoms with Crippen LogP contribution in [0.2, 0.25) is 0 Å². The van der Waals surface area contributed by atoms with Gasteiger partial charge in [-0.3, -0.25) is 0 Å². The van der Waals surface area contributed by atoms with E-state index in [0.717, 1.165) is 57.4 Å². The molecule has 11 aromatic rings. The van der Waals surface area contributed by atoms with Crippen LogP contribution >= 0.6 is 0 Å². The molecule has 0 amide bonds. The zero-order valence-corrected chi connectivity index (χ0v) is 40.4. The molecule has 0 aliphatic heterocycles. The minimum atomic E-state index is -0.408. The highest BCUT2D eigenvalue weighted by Gasteiger charge is 2.54. The lowest BCUT2D eigenvalue weighted by Gasteiger charge is -2.47. The third kappa shape index (κ3) is 6.28. The molecule has 0 N–H and O–H groups in total. The Morgan fingerprint density at radius 2 is 0.944 bits per heavy atom. The summed E-state index contributed by atoms with van der Waals surface area (Å²) in [5.74, 6) is 0. The van der Waals surface area contributed by atoms with Crippen molar-refractivity contribution in [2.75, 3.05) is 4.90 Å². The predicted octanol–water partition coefficient (Wildman–Crippen LogP) is 18.8. The maximum absolute atomic E-state index is 6.40. The Bertz CT molecular complexity index is 3960. The van der Waals surface area contributed by atoms with Gasteiger partial charge in [0.25, 0.3) is 0 Å². The van der Waals surface area contributed by atoms with Crippen molar-refractivity contribution in [3.8, 4) is 44.5 Å². The molecule has 2 heteroatoms. The largest absolute Gasteiger partial charge is 0.456 e. The maximum atomic E-state index is 6.40. The monoisotopic (exact) mass is 921 g/mol. The molecule has 2 nitrogen and oxygen atoms in total. The van der Waals surface area contributed by atoms with Crippen LogP contribution in [-0.2, 0) is 10.8 Å². The summed E-state index contributed by atoms with van der Waals surface area (Å²) >= 11 is 0. The van der Waals surface area contributed by atoms with E-state index < -0.39 is 5.41 Å². The first-order chi connectivity index (χ1) is 35.5. The zero-order valence-electron chi connectivity index (χ0n) is 40.4. The molecule has 3 aliphatic carbocycles. The first-order valence-corrected chi connectivity index (χ1v) is 25.4. The number of nitrogens with zero attached hydrogens (tertiary/aromatic N) is 1. The highest BCUT2D eigenvalue weighted by atomic mass is 16.3. The second-order valence-corrected chi connectivity index (χ2v) is 20.2. The molecule has 0 fully saturated rings. The molecule has 1 spiro atoms. The van der Waals surface area contributed by atoms with Crippen LogP contribution in [0.5, 0.6) is 0 Å². The molecule has 0 radical (unpaired) electrons. The van der Waals surface area contributed by atoms with Gasteiger partial charge in [-0.15, -0.1) is 0 Å². The Balaban J connectivity index is 0.935. The van der Waals surface area contributed by atoms with Crippen molar-refractivity contribution in [3.05, 3.63) is 288 Å². The van der Waals surface area contributed by atoms with Crippen LogP contribution in [0.4, 0.5) is 17.1 Å². The van der Waals surface area contributed by atoms with E-state index in [0.29, 0.717) is 0 Å². The summed E-state index contributed by atoms with van der Waals surface area (Å²) in [7, 11) is 0. The second-order valence-electron chi connectivity index (χ2n) is 20.2. The fraction of sp³-hybridized carbons (Fsp3) is 0.0857. The van der Waals surface area contributed by atoms with Gasteiger partial charge in [0.2, 0.25) is 0 Å². The van der Waals surface area contributed by atoms with E-state index in [9.17, 15) is 0 Å². The molecule has 0 atom stereocenters. The van der Waals surface area contributed by atoms with E-state index >= 15 is 0 Å². The number of hydrogen-bond donors (Lipinski definition) is 0. The molecule has 1 heterocycles. The Kier molecular flexibility index (Phi) is 9.63. The second kappa shape index (κ2) is 16.4. The van der Waals surface area contributed by atoms with Crippen LogP contribution in [0.1, 0.15) is 60.1 Å². The topological polar surface area (TPSA) is 16.4 Å². The SMILES string of the molecule is CC1(C)c2ccccc2C2(C3=C(CCC=C3)c3ccc(-c4ccc(N(c5ccc6oc7ccccc7c6c5)c5ccccc5-c5ccccc5-c5ccccc5-c5ccccc5)cc4)cc32)c2ccccc21. The summed E-state index contributed by atoms with van der Waals surface area (Å²) in [6, 6.07) is 87.3. The first kappa shape index (κ1) is 42.2. The summed E-state index contributed by atoms with van der Waals surface area (Å²) < 4.78 is 6.40. The van der Waals surface area contributed by atoms with Crippen LogP contribution < -0.4 is 4.90 Å². The van der Waals surface area contributed by atoms with E-state index in [4.69, 9.17) is 4.42 Å². The smallest absolute Gasteiger partial charge is 0.135 e. The number of fused-ring (bicyclic) bond motifs is 11. The summed E-state index contributed by atoms with van der Waals surface area (Å²) in [5, 5.41) is 2.19. The number of hydrogen-bond acceptors (Lipinski definition) is 2. The number of furan rings is 1. The van der Waals surface area contributed by atoms with Gasteiger partial charge in [-0.2, -0.15) is 0 Å². The lowest BCUT2D eigenvalue weighted by atomic mass is 9.55. The Morgan fingerprint density at radius 1 is 0.389 bits per heavy atom. The lowest BCUT2D eigenvalue weighted by molar-refractivity contribution is 0.561. The summed E-state index contributed by atoms with van der Waals surface area (Å²) in [6.45, 7) is 4.80. The number of anilines is 3. The van der Waals surface area contributed by atoms with Crippen LogP contribution in [0.15, 0.2) is 259 Å². The number of benzene rings is 10.